The van der Waals surface area contributed by atoms with Gasteiger partial charge in [0.25, 0.3) is 0 Å². The van der Waals surface area contributed by atoms with Crippen LogP contribution in [0.2, 0.25) is 0 Å². The van der Waals surface area contributed by atoms with Crippen molar-refractivity contribution in [1.82, 2.24) is 4.90 Å². The van der Waals surface area contributed by atoms with Crippen molar-refractivity contribution >= 4 is 5.91 Å². The number of rotatable bonds is 3. The van der Waals surface area contributed by atoms with Gasteiger partial charge in [0.05, 0.1) is 0 Å². The van der Waals surface area contributed by atoms with Gasteiger partial charge in [-0.05, 0) is 19.3 Å². The van der Waals surface area contributed by atoms with Gasteiger partial charge in [-0.15, -0.1) is 0 Å². The quantitative estimate of drug-likeness (QED) is 0.632. The second kappa shape index (κ2) is 3.92. The van der Waals surface area contributed by atoms with Crippen molar-refractivity contribution in [3.8, 4) is 0 Å². The summed E-state index contributed by atoms with van der Waals surface area (Å²) in [5, 5.41) is 0. The van der Waals surface area contributed by atoms with Crippen LogP contribution in [0.1, 0.15) is 33.6 Å². The maximum Gasteiger partial charge on any atom is 0.226 e. The van der Waals surface area contributed by atoms with Gasteiger partial charge in [-0.1, -0.05) is 20.3 Å². The minimum atomic E-state index is 0.315. The molecule has 0 radical (unpaired) electrons. The Hall–Kier alpha value is -0.530. The Bertz CT molecular complexity index is 167. The van der Waals surface area contributed by atoms with Crippen molar-refractivity contribution in [1.29, 1.82) is 0 Å². The number of carbonyl (C=O) groups excluding carboxylic acids is 1. The summed E-state index contributed by atoms with van der Waals surface area (Å²) in [6.07, 6.45) is 2.19. The summed E-state index contributed by atoms with van der Waals surface area (Å²) in [4.78, 5) is 13.6. The number of carbonyl (C=O) groups is 1. The molecule has 0 N–H and O–H groups in total. The van der Waals surface area contributed by atoms with Gasteiger partial charge in [0.15, 0.2) is 0 Å². The lowest BCUT2D eigenvalue weighted by Gasteiger charge is -2.17. The smallest absolute Gasteiger partial charge is 0.226 e. The van der Waals surface area contributed by atoms with E-state index < -0.39 is 0 Å². The highest BCUT2D eigenvalue weighted by Crippen LogP contribution is 2.26. The maximum absolute atomic E-state index is 11.7. The van der Waals surface area contributed by atoms with Gasteiger partial charge in [0.2, 0.25) is 5.91 Å². The molecule has 0 aromatic heterocycles. The first-order chi connectivity index (χ1) is 5.70. The van der Waals surface area contributed by atoms with Crippen LogP contribution in [0.3, 0.4) is 0 Å². The van der Waals surface area contributed by atoms with Crippen LogP contribution in [0.15, 0.2) is 0 Å². The van der Waals surface area contributed by atoms with Crippen LogP contribution in [-0.4, -0.2) is 23.9 Å². The predicted molar refractivity (Wildman–Crippen MR) is 49.8 cm³/mol. The van der Waals surface area contributed by atoms with Gasteiger partial charge in [0.1, 0.15) is 0 Å². The van der Waals surface area contributed by atoms with E-state index in [4.69, 9.17) is 0 Å². The van der Waals surface area contributed by atoms with Crippen molar-refractivity contribution in [2.24, 2.45) is 11.8 Å². The van der Waals surface area contributed by atoms with Crippen molar-refractivity contribution in [3.05, 3.63) is 0 Å². The van der Waals surface area contributed by atoms with Gasteiger partial charge in [-0.25, -0.2) is 0 Å². The van der Waals surface area contributed by atoms with Crippen LogP contribution in [0.5, 0.6) is 0 Å². The van der Waals surface area contributed by atoms with Gasteiger partial charge in [-0.2, -0.15) is 0 Å². The first kappa shape index (κ1) is 9.56. The SMILES string of the molecule is CCC(C)C1CCN(CC)C1=O. The van der Waals surface area contributed by atoms with Crippen LogP contribution >= 0.6 is 0 Å². The maximum atomic E-state index is 11.7. The van der Waals surface area contributed by atoms with Gasteiger partial charge in [0, 0.05) is 19.0 Å². The van der Waals surface area contributed by atoms with E-state index in [1.807, 2.05) is 4.90 Å². The zero-order valence-electron chi connectivity index (χ0n) is 8.34. The van der Waals surface area contributed by atoms with E-state index in [-0.39, 0.29) is 0 Å². The lowest BCUT2D eigenvalue weighted by molar-refractivity contribution is -0.132. The number of amides is 1. The highest BCUT2D eigenvalue weighted by Gasteiger charge is 2.33. The van der Waals surface area contributed by atoms with E-state index in [1.165, 1.54) is 0 Å². The van der Waals surface area contributed by atoms with Crippen molar-refractivity contribution in [2.75, 3.05) is 13.1 Å². The van der Waals surface area contributed by atoms with Crippen molar-refractivity contribution < 1.29 is 4.79 Å². The van der Waals surface area contributed by atoms with Crippen LogP contribution in [0.4, 0.5) is 0 Å². The molecule has 2 nitrogen and oxygen atoms in total. The Labute approximate surface area is 74.9 Å². The lowest BCUT2D eigenvalue weighted by Crippen LogP contribution is -2.29. The topological polar surface area (TPSA) is 20.3 Å². The molecule has 1 saturated heterocycles. The molecule has 0 spiro atoms. The van der Waals surface area contributed by atoms with Crippen molar-refractivity contribution in [3.63, 3.8) is 0 Å². The Morgan fingerprint density at radius 3 is 2.67 bits per heavy atom. The summed E-state index contributed by atoms with van der Waals surface area (Å²) >= 11 is 0. The Morgan fingerprint density at radius 2 is 2.25 bits per heavy atom. The summed E-state index contributed by atoms with van der Waals surface area (Å²) in [6.45, 7) is 8.25. The summed E-state index contributed by atoms with van der Waals surface area (Å²) in [5.41, 5.74) is 0. The molecule has 1 rings (SSSR count). The second-order valence-corrected chi connectivity index (χ2v) is 3.70. The first-order valence-corrected chi connectivity index (χ1v) is 4.99. The monoisotopic (exact) mass is 169 g/mol. The molecule has 1 amide bonds. The molecule has 12 heavy (non-hydrogen) atoms. The minimum Gasteiger partial charge on any atom is -0.343 e. The molecule has 70 valence electrons. The Morgan fingerprint density at radius 1 is 1.58 bits per heavy atom. The first-order valence-electron chi connectivity index (χ1n) is 4.99. The van der Waals surface area contributed by atoms with E-state index in [0.29, 0.717) is 17.7 Å². The standard InChI is InChI=1S/C10H19NO/c1-4-8(3)9-6-7-11(5-2)10(9)12/h8-9H,4-7H2,1-3H3. The molecule has 0 aromatic rings. The van der Waals surface area contributed by atoms with Gasteiger partial charge in [-0.3, -0.25) is 4.79 Å². The second-order valence-electron chi connectivity index (χ2n) is 3.70. The van der Waals surface area contributed by atoms with Gasteiger partial charge >= 0.3 is 0 Å². The third kappa shape index (κ3) is 1.62. The largest absolute Gasteiger partial charge is 0.343 e. The molecule has 2 heteroatoms. The molecular weight excluding hydrogens is 150 g/mol. The fraction of sp³-hybridized carbons (Fsp3) is 0.900. The third-order valence-corrected chi connectivity index (χ3v) is 3.05. The molecule has 2 atom stereocenters. The Kier molecular flexibility index (Phi) is 3.12. The number of likely N-dealkylation sites (tertiary alicyclic amines) is 1. The molecule has 0 bridgehead atoms. The fourth-order valence-electron chi connectivity index (χ4n) is 1.89. The fourth-order valence-corrected chi connectivity index (χ4v) is 1.89. The molecule has 0 saturated carbocycles. The summed E-state index contributed by atoms with van der Waals surface area (Å²) < 4.78 is 0. The average Bonchev–Trinajstić information content (AvgIpc) is 2.45. The number of nitrogens with zero attached hydrogens (tertiary/aromatic N) is 1. The average molecular weight is 169 g/mol. The molecule has 1 aliphatic rings. The molecule has 1 aliphatic heterocycles. The van der Waals surface area contributed by atoms with Gasteiger partial charge < -0.3 is 4.90 Å². The predicted octanol–water partition coefficient (Wildman–Crippen LogP) is 1.90. The molecule has 1 heterocycles. The normalized spacial score (nSPS) is 26.4. The summed E-state index contributed by atoms with van der Waals surface area (Å²) in [5.74, 6) is 1.26. The van der Waals surface area contributed by atoms with Crippen LogP contribution in [-0.2, 0) is 4.79 Å². The highest BCUT2D eigenvalue weighted by atomic mass is 16.2. The summed E-state index contributed by atoms with van der Waals surface area (Å²) in [7, 11) is 0. The lowest BCUT2D eigenvalue weighted by atomic mass is 9.91. The van der Waals surface area contributed by atoms with E-state index in [0.717, 1.165) is 25.9 Å². The molecular formula is C10H19NO. The van der Waals surface area contributed by atoms with E-state index in [1.54, 1.807) is 0 Å². The number of hydrogen-bond donors (Lipinski definition) is 0. The van der Waals surface area contributed by atoms with Crippen LogP contribution in [0.25, 0.3) is 0 Å². The third-order valence-electron chi connectivity index (χ3n) is 3.05. The van der Waals surface area contributed by atoms with Crippen LogP contribution < -0.4 is 0 Å². The molecule has 1 fully saturated rings. The summed E-state index contributed by atoms with van der Waals surface area (Å²) in [6, 6.07) is 0. The minimum absolute atomic E-state index is 0.315. The molecule has 0 aliphatic carbocycles. The van der Waals surface area contributed by atoms with E-state index >= 15 is 0 Å². The van der Waals surface area contributed by atoms with E-state index in [2.05, 4.69) is 20.8 Å². The van der Waals surface area contributed by atoms with E-state index in [9.17, 15) is 4.79 Å². The number of hydrogen-bond acceptors (Lipinski definition) is 1. The molecule has 0 aromatic carbocycles. The zero-order chi connectivity index (χ0) is 9.14. The van der Waals surface area contributed by atoms with Crippen LogP contribution in [0, 0.1) is 11.8 Å². The zero-order valence-corrected chi connectivity index (χ0v) is 8.34. The Balaban J connectivity index is 2.54. The molecule has 2 unspecified atom stereocenters. The highest BCUT2D eigenvalue weighted by molar-refractivity contribution is 5.81. The van der Waals surface area contributed by atoms with Crippen molar-refractivity contribution in [2.45, 2.75) is 33.6 Å².